The number of hydrogen-bond acceptors (Lipinski definition) is 4. The smallest absolute Gasteiger partial charge is 0.102 e. The summed E-state index contributed by atoms with van der Waals surface area (Å²) in [5.41, 5.74) is 4.46. The Morgan fingerprint density at radius 3 is 2.85 bits per heavy atom. The molecule has 26 heavy (non-hydrogen) atoms. The van der Waals surface area contributed by atoms with Crippen molar-refractivity contribution in [2.24, 2.45) is 7.05 Å². The zero-order valence-electron chi connectivity index (χ0n) is 14.6. The second-order valence-electron chi connectivity index (χ2n) is 6.50. The molecule has 0 unspecified atom stereocenters. The van der Waals surface area contributed by atoms with Gasteiger partial charge in [0, 0.05) is 50.0 Å². The van der Waals surface area contributed by atoms with E-state index in [9.17, 15) is 5.26 Å². The number of fused-ring (bicyclic) bond motifs is 1. The topological polar surface area (TPSA) is 54.1 Å². The number of rotatable bonds is 3. The first kappa shape index (κ1) is 17.0. The summed E-state index contributed by atoms with van der Waals surface area (Å²) < 4.78 is 7.44. The van der Waals surface area contributed by atoms with Crippen LogP contribution in [0.4, 0.5) is 0 Å². The number of aromatic nitrogens is 2. The number of aryl methyl sites for hydroxylation is 1. The highest BCUT2D eigenvalue weighted by atomic mass is 35.5. The molecule has 132 valence electrons. The zero-order chi connectivity index (χ0) is 18.1. The van der Waals surface area contributed by atoms with Gasteiger partial charge in [0.05, 0.1) is 35.0 Å². The summed E-state index contributed by atoms with van der Waals surface area (Å²) in [5, 5.41) is 11.2. The van der Waals surface area contributed by atoms with Crippen LogP contribution in [0.1, 0.15) is 11.1 Å². The van der Waals surface area contributed by atoms with Gasteiger partial charge >= 0.3 is 0 Å². The highest BCUT2D eigenvalue weighted by Crippen LogP contribution is 2.36. The van der Waals surface area contributed by atoms with Crippen molar-refractivity contribution in [2.75, 3.05) is 26.3 Å². The Balaban J connectivity index is 1.78. The van der Waals surface area contributed by atoms with E-state index < -0.39 is 0 Å². The number of hydrogen-bond donors (Lipinski definition) is 0. The molecule has 2 aromatic heterocycles. The molecule has 1 fully saturated rings. The molecule has 0 bridgehead atoms. The van der Waals surface area contributed by atoms with E-state index in [1.807, 2.05) is 42.2 Å². The molecular weight excluding hydrogens is 348 g/mol. The van der Waals surface area contributed by atoms with E-state index in [1.165, 1.54) is 0 Å². The molecule has 1 aromatic carbocycles. The van der Waals surface area contributed by atoms with Crippen LogP contribution < -0.4 is 0 Å². The highest BCUT2D eigenvalue weighted by molar-refractivity contribution is 6.36. The minimum atomic E-state index is 0.596. The summed E-state index contributed by atoms with van der Waals surface area (Å²) in [6, 6.07) is 10.2. The highest BCUT2D eigenvalue weighted by Gasteiger charge is 2.19. The molecule has 0 radical (unpaired) electrons. The molecule has 0 spiro atoms. The first-order valence-corrected chi connectivity index (χ1v) is 8.98. The Morgan fingerprint density at radius 1 is 1.27 bits per heavy atom. The van der Waals surface area contributed by atoms with Gasteiger partial charge in [-0.15, -0.1) is 0 Å². The Bertz CT molecular complexity index is 999. The van der Waals surface area contributed by atoms with Crippen LogP contribution in [0.5, 0.6) is 0 Å². The molecule has 0 amide bonds. The average molecular weight is 367 g/mol. The van der Waals surface area contributed by atoms with E-state index in [4.69, 9.17) is 16.3 Å². The summed E-state index contributed by atoms with van der Waals surface area (Å²) in [6.07, 6.45) is 3.70. The van der Waals surface area contributed by atoms with Gasteiger partial charge in [0.15, 0.2) is 0 Å². The number of pyridine rings is 1. The quantitative estimate of drug-likeness (QED) is 0.710. The molecule has 5 nitrogen and oxygen atoms in total. The lowest BCUT2D eigenvalue weighted by molar-refractivity contribution is 0.0341. The maximum Gasteiger partial charge on any atom is 0.102 e. The van der Waals surface area contributed by atoms with Crippen LogP contribution in [-0.2, 0) is 18.3 Å². The molecule has 6 heteroatoms. The maximum absolute atomic E-state index is 9.78. The number of nitriles is 1. The molecule has 3 aromatic rings. The standard InChI is InChI=1S/C20H19ClN4O/c1-24-18-4-2-3-17(21)19(18)16(10-22)20(24)15-9-14(11-23-12-15)13-25-5-7-26-8-6-25/h2-4,9,11-12H,5-8,13H2,1H3. The predicted octanol–water partition coefficient (Wildman–Crippen LogP) is 3.60. The minimum absolute atomic E-state index is 0.596. The van der Waals surface area contributed by atoms with Gasteiger partial charge in [-0.1, -0.05) is 17.7 Å². The fourth-order valence-corrected chi connectivity index (χ4v) is 3.88. The molecule has 1 aliphatic rings. The zero-order valence-corrected chi connectivity index (χ0v) is 15.3. The third-order valence-corrected chi connectivity index (χ3v) is 5.18. The molecule has 0 atom stereocenters. The monoisotopic (exact) mass is 366 g/mol. The molecule has 0 saturated carbocycles. The normalized spacial score (nSPS) is 15.3. The van der Waals surface area contributed by atoms with Gasteiger partial charge < -0.3 is 9.30 Å². The first-order valence-electron chi connectivity index (χ1n) is 8.60. The van der Waals surface area contributed by atoms with Crippen molar-refractivity contribution in [3.05, 3.63) is 52.8 Å². The summed E-state index contributed by atoms with van der Waals surface area (Å²) in [6.45, 7) is 4.23. The van der Waals surface area contributed by atoms with E-state index in [-0.39, 0.29) is 0 Å². The van der Waals surface area contributed by atoms with Gasteiger partial charge in [-0.05, 0) is 23.8 Å². The number of ether oxygens (including phenoxy) is 1. The third kappa shape index (κ3) is 2.97. The van der Waals surface area contributed by atoms with E-state index in [0.717, 1.165) is 60.6 Å². The molecule has 4 rings (SSSR count). The Morgan fingerprint density at radius 2 is 2.08 bits per heavy atom. The fourth-order valence-electron chi connectivity index (χ4n) is 3.61. The maximum atomic E-state index is 9.78. The van der Waals surface area contributed by atoms with Crippen LogP contribution in [0.15, 0.2) is 36.7 Å². The summed E-state index contributed by atoms with van der Waals surface area (Å²) in [5.74, 6) is 0. The molecule has 0 aliphatic carbocycles. The van der Waals surface area contributed by atoms with Crippen molar-refractivity contribution in [3.63, 3.8) is 0 Å². The predicted molar refractivity (Wildman–Crippen MR) is 102 cm³/mol. The van der Waals surface area contributed by atoms with Crippen LogP contribution in [0.25, 0.3) is 22.2 Å². The molecule has 1 aliphatic heterocycles. The van der Waals surface area contributed by atoms with E-state index in [0.29, 0.717) is 10.6 Å². The van der Waals surface area contributed by atoms with Crippen molar-refractivity contribution in [1.29, 1.82) is 5.26 Å². The molecular formula is C20H19ClN4O. The Labute approximate surface area is 157 Å². The van der Waals surface area contributed by atoms with Crippen LogP contribution in [0.2, 0.25) is 5.02 Å². The van der Waals surface area contributed by atoms with Gasteiger partial charge in [0.1, 0.15) is 6.07 Å². The first-order chi connectivity index (χ1) is 12.7. The van der Waals surface area contributed by atoms with Crippen molar-refractivity contribution in [3.8, 4) is 17.3 Å². The van der Waals surface area contributed by atoms with Gasteiger partial charge in [-0.25, -0.2) is 0 Å². The second-order valence-corrected chi connectivity index (χ2v) is 6.91. The van der Waals surface area contributed by atoms with Gasteiger partial charge in [0.25, 0.3) is 0 Å². The summed E-state index contributed by atoms with van der Waals surface area (Å²) >= 11 is 6.38. The van der Waals surface area contributed by atoms with Crippen molar-refractivity contribution < 1.29 is 4.74 Å². The summed E-state index contributed by atoms with van der Waals surface area (Å²) in [7, 11) is 1.96. The number of halogens is 1. The van der Waals surface area contributed by atoms with Crippen LogP contribution in [0, 0.1) is 11.3 Å². The number of nitrogens with zero attached hydrogens (tertiary/aromatic N) is 4. The van der Waals surface area contributed by atoms with Crippen LogP contribution >= 0.6 is 11.6 Å². The van der Waals surface area contributed by atoms with Crippen molar-refractivity contribution in [2.45, 2.75) is 6.54 Å². The van der Waals surface area contributed by atoms with Gasteiger partial charge in [-0.2, -0.15) is 5.26 Å². The van der Waals surface area contributed by atoms with Crippen LogP contribution in [0.3, 0.4) is 0 Å². The van der Waals surface area contributed by atoms with E-state index >= 15 is 0 Å². The Kier molecular flexibility index (Phi) is 4.64. The van der Waals surface area contributed by atoms with Crippen molar-refractivity contribution in [1.82, 2.24) is 14.5 Å². The number of morpholine rings is 1. The fraction of sp³-hybridized carbons (Fsp3) is 0.300. The third-order valence-electron chi connectivity index (χ3n) is 4.87. The summed E-state index contributed by atoms with van der Waals surface area (Å²) in [4.78, 5) is 6.78. The van der Waals surface area contributed by atoms with Gasteiger partial charge in [-0.3, -0.25) is 9.88 Å². The lowest BCUT2D eigenvalue weighted by Gasteiger charge is -2.26. The van der Waals surface area contributed by atoms with Crippen molar-refractivity contribution >= 4 is 22.5 Å². The molecule has 1 saturated heterocycles. The lowest BCUT2D eigenvalue weighted by Crippen LogP contribution is -2.35. The Hall–Kier alpha value is -2.39. The average Bonchev–Trinajstić information content (AvgIpc) is 2.96. The van der Waals surface area contributed by atoms with Crippen LogP contribution in [-0.4, -0.2) is 40.8 Å². The molecule has 3 heterocycles. The lowest BCUT2D eigenvalue weighted by atomic mass is 10.1. The largest absolute Gasteiger partial charge is 0.379 e. The second kappa shape index (κ2) is 7.08. The SMILES string of the molecule is Cn1c(-c2cncc(CN3CCOCC3)c2)c(C#N)c2c(Cl)cccc21. The minimum Gasteiger partial charge on any atom is -0.379 e. The molecule has 0 N–H and O–H groups in total. The van der Waals surface area contributed by atoms with Gasteiger partial charge in [0.2, 0.25) is 0 Å². The number of benzene rings is 1. The van der Waals surface area contributed by atoms with E-state index in [1.54, 1.807) is 0 Å². The van der Waals surface area contributed by atoms with E-state index in [2.05, 4.69) is 22.0 Å².